The SMILES string of the molecule is O=C(NC1CC1)c1cc(N2CCCOC(CN3CCCC3)C2)ccn1. The molecule has 1 unspecified atom stereocenters. The standard InChI is InChI=1S/C19H28N4O2/c24-19(21-15-4-5-15)18-12-16(6-7-20-18)23-10-3-11-25-17(14-23)13-22-8-1-2-9-22/h6-7,12,15,17H,1-5,8-11,13-14H2,(H,21,24). The van der Waals surface area contributed by atoms with Gasteiger partial charge in [0.15, 0.2) is 0 Å². The van der Waals surface area contributed by atoms with Crippen LogP contribution in [-0.2, 0) is 4.74 Å². The normalized spacial score (nSPS) is 25.0. The summed E-state index contributed by atoms with van der Waals surface area (Å²) in [7, 11) is 0. The first kappa shape index (κ1) is 16.8. The monoisotopic (exact) mass is 344 g/mol. The number of carbonyl (C=O) groups is 1. The Morgan fingerprint density at radius 3 is 2.88 bits per heavy atom. The molecule has 0 radical (unpaired) electrons. The highest BCUT2D eigenvalue weighted by Gasteiger charge is 2.26. The molecule has 1 aromatic rings. The molecule has 3 heterocycles. The topological polar surface area (TPSA) is 57.7 Å². The van der Waals surface area contributed by atoms with Crippen molar-refractivity contribution in [1.29, 1.82) is 0 Å². The van der Waals surface area contributed by atoms with Crippen LogP contribution in [0, 0.1) is 0 Å². The molecule has 4 rings (SSSR count). The summed E-state index contributed by atoms with van der Waals surface area (Å²) in [6.45, 7) is 6.06. The van der Waals surface area contributed by atoms with E-state index in [1.807, 2.05) is 12.1 Å². The van der Waals surface area contributed by atoms with Crippen molar-refractivity contribution < 1.29 is 9.53 Å². The number of anilines is 1. The van der Waals surface area contributed by atoms with E-state index in [-0.39, 0.29) is 12.0 Å². The Hall–Kier alpha value is -1.66. The van der Waals surface area contributed by atoms with Gasteiger partial charge in [-0.3, -0.25) is 9.78 Å². The van der Waals surface area contributed by atoms with Crippen LogP contribution < -0.4 is 10.2 Å². The van der Waals surface area contributed by atoms with Crippen molar-refractivity contribution in [3.63, 3.8) is 0 Å². The fourth-order valence-electron chi connectivity index (χ4n) is 3.72. The molecular formula is C19H28N4O2. The zero-order chi connectivity index (χ0) is 17.1. The highest BCUT2D eigenvalue weighted by molar-refractivity contribution is 5.93. The van der Waals surface area contributed by atoms with Gasteiger partial charge in [-0.1, -0.05) is 0 Å². The zero-order valence-corrected chi connectivity index (χ0v) is 14.8. The van der Waals surface area contributed by atoms with Gasteiger partial charge >= 0.3 is 0 Å². The van der Waals surface area contributed by atoms with Crippen molar-refractivity contribution in [2.75, 3.05) is 44.2 Å². The lowest BCUT2D eigenvalue weighted by atomic mass is 10.2. The van der Waals surface area contributed by atoms with Crippen LogP contribution in [0.3, 0.4) is 0 Å². The van der Waals surface area contributed by atoms with Crippen molar-refractivity contribution in [3.05, 3.63) is 24.0 Å². The van der Waals surface area contributed by atoms with Crippen LogP contribution in [0.15, 0.2) is 18.3 Å². The van der Waals surface area contributed by atoms with Gasteiger partial charge in [0.2, 0.25) is 0 Å². The highest BCUT2D eigenvalue weighted by atomic mass is 16.5. The van der Waals surface area contributed by atoms with Crippen LogP contribution in [0.25, 0.3) is 0 Å². The van der Waals surface area contributed by atoms with Crippen LogP contribution in [0.2, 0.25) is 0 Å². The molecule has 136 valence electrons. The van der Waals surface area contributed by atoms with Gasteiger partial charge in [-0.05, 0) is 57.3 Å². The smallest absolute Gasteiger partial charge is 0.270 e. The molecule has 2 saturated heterocycles. The van der Waals surface area contributed by atoms with Crippen molar-refractivity contribution in [3.8, 4) is 0 Å². The number of nitrogens with one attached hydrogen (secondary N) is 1. The maximum atomic E-state index is 12.3. The largest absolute Gasteiger partial charge is 0.375 e. The maximum absolute atomic E-state index is 12.3. The lowest BCUT2D eigenvalue weighted by Gasteiger charge is -2.28. The average Bonchev–Trinajstić information content (AvgIpc) is 3.35. The fourth-order valence-corrected chi connectivity index (χ4v) is 3.72. The molecule has 6 heteroatoms. The number of amides is 1. The number of carbonyl (C=O) groups excluding carboxylic acids is 1. The van der Waals surface area contributed by atoms with E-state index in [1.165, 1.54) is 25.9 Å². The third kappa shape index (κ3) is 4.50. The zero-order valence-electron chi connectivity index (χ0n) is 14.8. The molecule has 2 aliphatic heterocycles. The van der Waals surface area contributed by atoms with E-state index in [0.29, 0.717) is 11.7 Å². The van der Waals surface area contributed by atoms with E-state index in [0.717, 1.165) is 51.2 Å². The van der Waals surface area contributed by atoms with E-state index in [1.54, 1.807) is 6.20 Å². The first-order chi connectivity index (χ1) is 12.3. The number of likely N-dealkylation sites (tertiary alicyclic amines) is 1. The molecule has 1 saturated carbocycles. The summed E-state index contributed by atoms with van der Waals surface area (Å²) in [6, 6.07) is 4.29. The van der Waals surface area contributed by atoms with Crippen molar-refractivity contribution in [2.45, 2.75) is 44.2 Å². The molecular weight excluding hydrogens is 316 g/mol. The second kappa shape index (κ2) is 7.70. The number of pyridine rings is 1. The Labute approximate surface area is 149 Å². The molecule has 1 aromatic heterocycles. The van der Waals surface area contributed by atoms with E-state index >= 15 is 0 Å². The molecule has 25 heavy (non-hydrogen) atoms. The molecule has 0 bridgehead atoms. The molecule has 1 N–H and O–H groups in total. The van der Waals surface area contributed by atoms with Crippen LogP contribution in [0.5, 0.6) is 0 Å². The number of aromatic nitrogens is 1. The first-order valence-corrected chi connectivity index (χ1v) is 9.64. The molecule has 0 aromatic carbocycles. The molecule has 3 fully saturated rings. The van der Waals surface area contributed by atoms with Gasteiger partial charge in [-0.25, -0.2) is 0 Å². The van der Waals surface area contributed by atoms with Gasteiger partial charge in [0, 0.05) is 44.2 Å². The highest BCUT2D eigenvalue weighted by Crippen LogP contribution is 2.22. The van der Waals surface area contributed by atoms with Gasteiger partial charge in [0.05, 0.1) is 6.10 Å². The number of hydrogen-bond donors (Lipinski definition) is 1. The van der Waals surface area contributed by atoms with Gasteiger partial charge in [0.25, 0.3) is 5.91 Å². The van der Waals surface area contributed by atoms with E-state index in [2.05, 4.69) is 20.1 Å². The van der Waals surface area contributed by atoms with Crippen molar-refractivity contribution in [2.24, 2.45) is 0 Å². The first-order valence-electron chi connectivity index (χ1n) is 9.64. The Morgan fingerprint density at radius 2 is 2.08 bits per heavy atom. The Morgan fingerprint density at radius 1 is 1.24 bits per heavy atom. The van der Waals surface area contributed by atoms with Crippen LogP contribution in [0.4, 0.5) is 5.69 Å². The summed E-state index contributed by atoms with van der Waals surface area (Å²) in [5, 5.41) is 3.02. The van der Waals surface area contributed by atoms with Gasteiger partial charge in [-0.2, -0.15) is 0 Å². The molecule has 1 amide bonds. The second-order valence-electron chi connectivity index (χ2n) is 7.45. The fraction of sp³-hybridized carbons (Fsp3) is 0.684. The van der Waals surface area contributed by atoms with Gasteiger partial charge < -0.3 is 19.9 Å². The van der Waals surface area contributed by atoms with E-state index < -0.39 is 0 Å². The molecule has 1 aliphatic carbocycles. The molecule has 1 atom stereocenters. The quantitative estimate of drug-likeness (QED) is 0.880. The van der Waals surface area contributed by atoms with Crippen molar-refractivity contribution in [1.82, 2.24) is 15.2 Å². The number of nitrogens with zero attached hydrogens (tertiary/aromatic N) is 3. The van der Waals surface area contributed by atoms with Crippen molar-refractivity contribution >= 4 is 11.6 Å². The predicted octanol–water partition coefficient (Wildman–Crippen LogP) is 1.66. The Kier molecular flexibility index (Phi) is 5.17. The van der Waals surface area contributed by atoms with E-state index in [4.69, 9.17) is 4.74 Å². The average molecular weight is 344 g/mol. The summed E-state index contributed by atoms with van der Waals surface area (Å²) < 4.78 is 6.08. The van der Waals surface area contributed by atoms with Crippen LogP contribution in [0.1, 0.15) is 42.6 Å². The van der Waals surface area contributed by atoms with Gasteiger partial charge in [-0.15, -0.1) is 0 Å². The van der Waals surface area contributed by atoms with Gasteiger partial charge in [0.1, 0.15) is 5.69 Å². The number of ether oxygens (including phenoxy) is 1. The minimum Gasteiger partial charge on any atom is -0.375 e. The molecule has 0 spiro atoms. The summed E-state index contributed by atoms with van der Waals surface area (Å²) in [6.07, 6.45) is 7.79. The van der Waals surface area contributed by atoms with E-state index in [9.17, 15) is 4.79 Å². The summed E-state index contributed by atoms with van der Waals surface area (Å²) in [4.78, 5) is 21.4. The third-order valence-corrected chi connectivity index (χ3v) is 5.26. The van der Waals surface area contributed by atoms with Crippen LogP contribution >= 0.6 is 0 Å². The molecule has 3 aliphatic rings. The summed E-state index contributed by atoms with van der Waals surface area (Å²) in [5.41, 5.74) is 1.60. The molecule has 6 nitrogen and oxygen atoms in total. The number of rotatable bonds is 5. The van der Waals surface area contributed by atoms with Crippen LogP contribution in [-0.4, -0.2) is 67.3 Å². The summed E-state index contributed by atoms with van der Waals surface area (Å²) >= 11 is 0. The Balaban J connectivity index is 1.42. The Bertz CT molecular complexity index is 599. The lowest BCUT2D eigenvalue weighted by molar-refractivity contribution is 0.0451. The second-order valence-corrected chi connectivity index (χ2v) is 7.45. The summed E-state index contributed by atoms with van der Waals surface area (Å²) in [5.74, 6) is -0.0518. The predicted molar refractivity (Wildman–Crippen MR) is 97.0 cm³/mol. The minimum atomic E-state index is -0.0518. The number of hydrogen-bond acceptors (Lipinski definition) is 5. The minimum absolute atomic E-state index is 0.0518. The third-order valence-electron chi connectivity index (χ3n) is 5.26. The lowest BCUT2D eigenvalue weighted by Crippen LogP contribution is -2.39. The maximum Gasteiger partial charge on any atom is 0.270 e.